The van der Waals surface area contributed by atoms with Gasteiger partial charge in [-0.25, -0.2) is 17.9 Å². The maximum atomic E-state index is 13.9. The van der Waals surface area contributed by atoms with Crippen LogP contribution in [0.25, 0.3) is 0 Å². The average Bonchev–Trinajstić information content (AvgIpc) is 2.84. The van der Waals surface area contributed by atoms with Crippen LogP contribution in [-0.2, 0) is 10.0 Å². The van der Waals surface area contributed by atoms with Gasteiger partial charge in [-0.2, -0.15) is 0 Å². The Kier molecular flexibility index (Phi) is 4.39. The van der Waals surface area contributed by atoms with Crippen molar-refractivity contribution in [3.63, 3.8) is 0 Å². The first-order valence-electron chi connectivity index (χ1n) is 7.68. The molecule has 0 radical (unpaired) electrons. The highest BCUT2D eigenvalue weighted by Crippen LogP contribution is 2.28. The molecule has 0 spiro atoms. The van der Waals surface area contributed by atoms with Crippen molar-refractivity contribution in [2.45, 2.75) is 17.7 Å². The minimum absolute atomic E-state index is 0.153. The number of carbonyl (C=O) groups excluding carboxylic acids is 1. The Morgan fingerprint density at radius 1 is 1.22 bits per heavy atom. The molecule has 0 bridgehead atoms. The summed E-state index contributed by atoms with van der Waals surface area (Å²) in [7, 11) is -4.12. The van der Waals surface area contributed by atoms with Crippen molar-refractivity contribution in [3.05, 3.63) is 29.6 Å². The van der Waals surface area contributed by atoms with Gasteiger partial charge in [0.25, 0.3) is 5.91 Å². The van der Waals surface area contributed by atoms with E-state index < -0.39 is 20.7 Å². The summed E-state index contributed by atoms with van der Waals surface area (Å²) < 4.78 is 36.4. The molecule has 2 fully saturated rings. The van der Waals surface area contributed by atoms with Crippen molar-refractivity contribution in [2.75, 3.05) is 26.2 Å². The molecule has 2 atom stereocenters. The third-order valence-corrected chi connectivity index (χ3v) is 5.74. The van der Waals surface area contributed by atoms with Gasteiger partial charge in [-0.15, -0.1) is 0 Å². The number of amides is 1. The van der Waals surface area contributed by atoms with Crippen molar-refractivity contribution in [3.8, 4) is 0 Å². The number of hydrogen-bond acceptors (Lipinski definition) is 4. The van der Waals surface area contributed by atoms with E-state index in [0.29, 0.717) is 24.9 Å². The van der Waals surface area contributed by atoms with Crippen LogP contribution >= 0.6 is 0 Å². The molecule has 126 valence electrons. The number of nitrogens with one attached hydrogen (secondary N) is 1. The van der Waals surface area contributed by atoms with Gasteiger partial charge in [0.1, 0.15) is 10.7 Å². The lowest BCUT2D eigenvalue weighted by atomic mass is 9.92. The Morgan fingerprint density at radius 2 is 1.83 bits per heavy atom. The number of fused-ring (bicyclic) bond motifs is 1. The molecular weight excluding hydrogens is 321 g/mol. The molecule has 2 heterocycles. The molecule has 1 aromatic rings. The van der Waals surface area contributed by atoms with Crippen LogP contribution in [0.3, 0.4) is 0 Å². The maximum Gasteiger partial charge on any atom is 0.253 e. The average molecular weight is 341 g/mol. The molecule has 0 unspecified atom stereocenters. The van der Waals surface area contributed by atoms with Gasteiger partial charge in [-0.3, -0.25) is 4.79 Å². The zero-order chi connectivity index (χ0) is 16.6. The summed E-state index contributed by atoms with van der Waals surface area (Å²) in [5.74, 6) is -0.0735. The third-order valence-electron chi connectivity index (χ3n) is 4.79. The predicted molar refractivity (Wildman–Crippen MR) is 82.8 cm³/mol. The quantitative estimate of drug-likeness (QED) is 0.821. The van der Waals surface area contributed by atoms with Gasteiger partial charge in [-0.1, -0.05) is 0 Å². The standard InChI is InChI=1S/C15H20FN3O3S/c16-13-7-10(1-2-14(13)23(17,21)22)15(20)19-5-3-11-8-18-9-12(11)4-6-19/h1-2,7,11-12,18H,3-6,8-9H2,(H2,17,21,22)/t11-,12+. The fourth-order valence-electron chi connectivity index (χ4n) is 3.47. The van der Waals surface area contributed by atoms with E-state index in [0.717, 1.165) is 38.1 Å². The van der Waals surface area contributed by atoms with E-state index in [1.54, 1.807) is 4.90 Å². The van der Waals surface area contributed by atoms with Crippen molar-refractivity contribution in [1.29, 1.82) is 0 Å². The SMILES string of the molecule is NS(=O)(=O)c1ccc(C(=O)N2CC[C@@H]3CNC[C@@H]3CC2)cc1F. The number of carbonyl (C=O) groups is 1. The number of sulfonamides is 1. The first-order chi connectivity index (χ1) is 10.9. The third kappa shape index (κ3) is 3.39. The van der Waals surface area contributed by atoms with Crippen molar-refractivity contribution < 1.29 is 17.6 Å². The normalized spacial score (nSPS) is 25.0. The van der Waals surface area contributed by atoms with Crippen LogP contribution in [0.15, 0.2) is 23.1 Å². The largest absolute Gasteiger partial charge is 0.339 e. The van der Waals surface area contributed by atoms with Crippen LogP contribution in [0.4, 0.5) is 4.39 Å². The summed E-state index contributed by atoms with van der Waals surface area (Å²) in [6.07, 6.45) is 1.86. The second kappa shape index (κ2) is 6.18. The fourth-order valence-corrected chi connectivity index (χ4v) is 4.06. The van der Waals surface area contributed by atoms with Crippen molar-refractivity contribution in [1.82, 2.24) is 10.2 Å². The van der Waals surface area contributed by atoms with E-state index in [-0.39, 0.29) is 11.5 Å². The molecule has 2 aliphatic rings. The van der Waals surface area contributed by atoms with Crippen LogP contribution in [0.5, 0.6) is 0 Å². The number of nitrogens with zero attached hydrogens (tertiary/aromatic N) is 1. The smallest absolute Gasteiger partial charge is 0.253 e. The number of nitrogens with two attached hydrogens (primary N) is 1. The van der Waals surface area contributed by atoms with Crippen LogP contribution in [0, 0.1) is 17.7 Å². The molecule has 6 nitrogen and oxygen atoms in total. The molecule has 0 saturated carbocycles. The van der Waals surface area contributed by atoms with Crippen LogP contribution in [0.2, 0.25) is 0 Å². The highest BCUT2D eigenvalue weighted by Gasteiger charge is 2.31. The molecule has 8 heteroatoms. The van der Waals surface area contributed by atoms with E-state index in [4.69, 9.17) is 5.14 Å². The number of primary sulfonamides is 1. The lowest BCUT2D eigenvalue weighted by molar-refractivity contribution is 0.0758. The zero-order valence-corrected chi connectivity index (χ0v) is 13.5. The molecule has 1 amide bonds. The minimum atomic E-state index is -4.12. The molecule has 1 aromatic carbocycles. The molecule has 2 aliphatic heterocycles. The molecular formula is C15H20FN3O3S. The van der Waals surface area contributed by atoms with Gasteiger partial charge in [-0.05, 0) is 56.0 Å². The highest BCUT2D eigenvalue weighted by molar-refractivity contribution is 7.89. The Hall–Kier alpha value is -1.51. The molecule has 0 aromatic heterocycles. The minimum Gasteiger partial charge on any atom is -0.339 e. The lowest BCUT2D eigenvalue weighted by Crippen LogP contribution is -2.33. The predicted octanol–water partition coefficient (Wildman–Crippen LogP) is 0.545. The van der Waals surface area contributed by atoms with Gasteiger partial charge in [0.15, 0.2) is 0 Å². The monoisotopic (exact) mass is 341 g/mol. The van der Waals surface area contributed by atoms with E-state index in [9.17, 15) is 17.6 Å². The molecule has 0 aliphatic carbocycles. The summed E-state index contributed by atoms with van der Waals surface area (Å²) in [6, 6.07) is 3.32. The van der Waals surface area contributed by atoms with Gasteiger partial charge < -0.3 is 10.2 Å². The van der Waals surface area contributed by atoms with Gasteiger partial charge in [0, 0.05) is 18.7 Å². The summed E-state index contributed by atoms with van der Waals surface area (Å²) in [5, 5.41) is 8.30. The number of benzene rings is 1. The molecule has 2 saturated heterocycles. The second-order valence-corrected chi connectivity index (χ2v) is 7.77. The Labute approximate surface area is 134 Å². The Bertz CT molecular complexity index is 709. The first-order valence-corrected chi connectivity index (χ1v) is 9.23. The van der Waals surface area contributed by atoms with E-state index in [1.807, 2.05) is 0 Å². The van der Waals surface area contributed by atoms with Gasteiger partial charge in [0.05, 0.1) is 0 Å². The van der Waals surface area contributed by atoms with E-state index >= 15 is 0 Å². The first kappa shape index (κ1) is 16.4. The topological polar surface area (TPSA) is 92.5 Å². The summed E-state index contributed by atoms with van der Waals surface area (Å²) in [6.45, 7) is 3.26. The van der Waals surface area contributed by atoms with Gasteiger partial charge in [0.2, 0.25) is 10.0 Å². The van der Waals surface area contributed by atoms with E-state index in [2.05, 4.69) is 5.32 Å². The van der Waals surface area contributed by atoms with E-state index in [1.165, 1.54) is 6.07 Å². The molecule has 3 N–H and O–H groups in total. The van der Waals surface area contributed by atoms with Crippen LogP contribution < -0.4 is 10.5 Å². The zero-order valence-electron chi connectivity index (χ0n) is 12.7. The fraction of sp³-hybridized carbons (Fsp3) is 0.533. The number of hydrogen-bond donors (Lipinski definition) is 2. The Morgan fingerprint density at radius 3 is 2.35 bits per heavy atom. The highest BCUT2D eigenvalue weighted by atomic mass is 32.2. The second-order valence-electron chi connectivity index (χ2n) is 6.24. The number of rotatable bonds is 2. The van der Waals surface area contributed by atoms with Crippen molar-refractivity contribution in [2.24, 2.45) is 17.0 Å². The molecule has 23 heavy (non-hydrogen) atoms. The number of halogens is 1. The maximum absolute atomic E-state index is 13.9. The van der Waals surface area contributed by atoms with Crippen molar-refractivity contribution >= 4 is 15.9 Å². The summed E-state index contributed by atoms with van der Waals surface area (Å²) in [5.41, 5.74) is 0.153. The van der Waals surface area contributed by atoms with Crippen LogP contribution in [0.1, 0.15) is 23.2 Å². The number of likely N-dealkylation sites (tertiary alicyclic amines) is 1. The van der Waals surface area contributed by atoms with Crippen LogP contribution in [-0.4, -0.2) is 45.4 Å². The Balaban J connectivity index is 1.77. The summed E-state index contributed by atoms with van der Waals surface area (Å²) >= 11 is 0. The van der Waals surface area contributed by atoms with Gasteiger partial charge >= 0.3 is 0 Å². The lowest BCUT2D eigenvalue weighted by Gasteiger charge is -2.21. The summed E-state index contributed by atoms with van der Waals surface area (Å²) in [4.78, 5) is 13.7. The molecule has 3 rings (SSSR count).